The van der Waals surface area contributed by atoms with Gasteiger partial charge in [-0.3, -0.25) is 37.3 Å². The Labute approximate surface area is 670 Å². The van der Waals surface area contributed by atoms with Crippen LogP contribution in [0, 0.1) is 17.8 Å². The number of phosphoric ester groups is 2. The maximum Gasteiger partial charge on any atom is 0.472 e. The summed E-state index contributed by atoms with van der Waals surface area (Å²) in [5.74, 6) is 0.347. The van der Waals surface area contributed by atoms with Crippen LogP contribution >= 0.6 is 15.6 Å². The Morgan fingerprint density at radius 2 is 0.468 bits per heavy atom. The minimum absolute atomic E-state index is 0.108. The van der Waals surface area contributed by atoms with Crippen molar-refractivity contribution in [2.24, 2.45) is 17.8 Å². The van der Waals surface area contributed by atoms with Crippen LogP contribution in [0.4, 0.5) is 0 Å². The van der Waals surface area contributed by atoms with Crippen molar-refractivity contribution in [1.82, 2.24) is 0 Å². The highest BCUT2D eigenvalue weighted by molar-refractivity contribution is 7.47. The summed E-state index contributed by atoms with van der Waals surface area (Å²) in [6.45, 7) is 12.1. The summed E-state index contributed by atoms with van der Waals surface area (Å²) >= 11 is 0. The molecule has 0 radical (unpaired) electrons. The number of aliphatic hydroxyl groups excluding tert-OH is 1. The van der Waals surface area contributed by atoms with E-state index in [-0.39, 0.29) is 25.7 Å². The second kappa shape index (κ2) is 79.9. The van der Waals surface area contributed by atoms with E-state index in [0.29, 0.717) is 25.7 Å². The fraction of sp³-hybridized carbons (Fsp3) is 0.956. The second-order valence-electron chi connectivity index (χ2n) is 33.3. The molecule has 0 aliphatic heterocycles. The first kappa shape index (κ1) is 107. The zero-order valence-electron chi connectivity index (χ0n) is 72.0. The van der Waals surface area contributed by atoms with E-state index < -0.39 is 97.5 Å². The Kier molecular flexibility index (Phi) is 78.5. The average Bonchev–Trinajstić information content (AvgIpc) is 0.903. The van der Waals surface area contributed by atoms with Gasteiger partial charge in [0.25, 0.3) is 0 Å². The Morgan fingerprint density at radius 1 is 0.266 bits per heavy atom. The van der Waals surface area contributed by atoms with E-state index in [1.54, 1.807) is 0 Å². The van der Waals surface area contributed by atoms with Crippen molar-refractivity contribution in [3.63, 3.8) is 0 Å². The molecule has 4 unspecified atom stereocenters. The molecule has 0 aliphatic carbocycles. The predicted octanol–water partition coefficient (Wildman–Crippen LogP) is 27.6. The first-order valence-electron chi connectivity index (χ1n) is 46.4. The van der Waals surface area contributed by atoms with Gasteiger partial charge >= 0.3 is 39.5 Å². The highest BCUT2D eigenvalue weighted by atomic mass is 31.2. The lowest BCUT2D eigenvalue weighted by Crippen LogP contribution is -2.30. The lowest BCUT2D eigenvalue weighted by Gasteiger charge is -2.21. The molecule has 0 spiro atoms. The molecule has 648 valence electrons. The molecule has 0 fully saturated rings. The Morgan fingerprint density at radius 3 is 0.697 bits per heavy atom. The van der Waals surface area contributed by atoms with Crippen molar-refractivity contribution < 1.29 is 80.2 Å². The van der Waals surface area contributed by atoms with E-state index >= 15 is 0 Å². The highest BCUT2D eigenvalue weighted by Gasteiger charge is 2.31. The monoisotopic (exact) mass is 1590 g/mol. The minimum atomic E-state index is -4.97. The third-order valence-electron chi connectivity index (χ3n) is 21.9. The molecule has 0 saturated carbocycles. The topological polar surface area (TPSA) is 237 Å². The minimum Gasteiger partial charge on any atom is -0.462 e. The Hall–Kier alpha value is -1.94. The van der Waals surface area contributed by atoms with E-state index in [0.717, 1.165) is 108 Å². The van der Waals surface area contributed by atoms with Gasteiger partial charge < -0.3 is 33.8 Å². The predicted molar refractivity (Wildman–Crippen MR) is 451 cm³/mol. The van der Waals surface area contributed by atoms with E-state index in [1.807, 2.05) is 0 Å². The molecule has 19 heteroatoms. The molecule has 0 aromatic heterocycles. The van der Waals surface area contributed by atoms with Crippen LogP contribution in [0.2, 0.25) is 0 Å². The normalized spacial score (nSPS) is 14.3. The van der Waals surface area contributed by atoms with Crippen LogP contribution in [-0.2, 0) is 65.4 Å². The molecule has 0 rings (SSSR count). The number of aliphatic hydroxyl groups is 1. The van der Waals surface area contributed by atoms with Gasteiger partial charge in [0.15, 0.2) is 12.2 Å². The number of unbranched alkanes of at least 4 members (excludes halogenated alkanes) is 54. The van der Waals surface area contributed by atoms with Crippen LogP contribution in [0.1, 0.15) is 479 Å². The summed E-state index contributed by atoms with van der Waals surface area (Å²) in [5, 5.41) is 10.7. The van der Waals surface area contributed by atoms with Gasteiger partial charge in [0.1, 0.15) is 19.3 Å². The number of hydrogen-bond donors (Lipinski definition) is 3. The number of carbonyl (C=O) groups excluding carboxylic acids is 4. The number of rotatable bonds is 88. The molecule has 0 amide bonds. The lowest BCUT2D eigenvalue weighted by molar-refractivity contribution is -0.161. The fourth-order valence-electron chi connectivity index (χ4n) is 14.0. The van der Waals surface area contributed by atoms with Gasteiger partial charge in [-0.05, 0) is 43.4 Å². The quantitative estimate of drug-likeness (QED) is 0.0222. The highest BCUT2D eigenvalue weighted by Crippen LogP contribution is 2.45. The summed E-state index contributed by atoms with van der Waals surface area (Å²) in [6.07, 6.45) is 72.2. The van der Waals surface area contributed by atoms with E-state index in [9.17, 15) is 43.2 Å². The standard InChI is InChI=1S/C90H176O17P2/c1-8-11-12-13-14-15-16-17-18-19-23-26-33-38-43-52-59-66-74-90(95)107-86(78-101-88(93)72-65-58-51-46-45-47-54-61-68-81(4)5)80-105-109(98,99)103-76-84(91)75-102-108(96,97)104-79-85(77-100-87(92)71-64-57-50-42-37-32-29-28-31-36-41-49-56-63-70-83(7)10-3)106-89(94)73-67-60-53-44-39-34-27-24-21-20-22-25-30-35-40-48-55-62-69-82(6)9-2/h81-86,91H,8-80H2,1-7H3,(H,96,97)(H,98,99)/t82?,83?,84-,85-,86-/m1/s1. The van der Waals surface area contributed by atoms with Gasteiger partial charge in [-0.15, -0.1) is 0 Å². The molecular weight excluding hydrogens is 1410 g/mol. The van der Waals surface area contributed by atoms with Gasteiger partial charge in [0, 0.05) is 25.7 Å². The Balaban J connectivity index is 5.24. The molecule has 7 atom stereocenters. The first-order chi connectivity index (χ1) is 52.8. The SMILES string of the molecule is CCCCCCCCCCCCCCCCCCCCC(=O)O[C@H](COC(=O)CCCCCCCCCCC(C)C)COP(=O)(O)OC[C@H](O)COP(=O)(O)OC[C@@H](COC(=O)CCCCCCCCCCCCCCCCC(C)CC)OC(=O)CCCCCCCCCCCCCCCCCCCCC(C)CC. The van der Waals surface area contributed by atoms with E-state index in [2.05, 4.69) is 48.5 Å². The van der Waals surface area contributed by atoms with Crippen LogP contribution in [0.3, 0.4) is 0 Å². The number of ether oxygens (including phenoxy) is 4. The molecule has 0 aliphatic rings. The third kappa shape index (κ3) is 81.0. The molecule has 0 aromatic rings. The molecule has 0 saturated heterocycles. The maximum atomic E-state index is 13.2. The molecular formula is C90H176O17P2. The van der Waals surface area contributed by atoms with Crippen molar-refractivity contribution in [2.75, 3.05) is 39.6 Å². The lowest BCUT2D eigenvalue weighted by atomic mass is 9.99. The van der Waals surface area contributed by atoms with Gasteiger partial charge in [-0.2, -0.15) is 0 Å². The summed E-state index contributed by atoms with van der Waals surface area (Å²) in [6, 6.07) is 0. The molecule has 0 aromatic carbocycles. The number of carbonyl (C=O) groups is 4. The fourth-order valence-corrected chi connectivity index (χ4v) is 15.6. The number of phosphoric acid groups is 2. The van der Waals surface area contributed by atoms with Crippen molar-refractivity contribution >= 4 is 39.5 Å². The van der Waals surface area contributed by atoms with Crippen LogP contribution in [0.25, 0.3) is 0 Å². The van der Waals surface area contributed by atoms with Gasteiger partial charge in [-0.25, -0.2) is 9.13 Å². The smallest absolute Gasteiger partial charge is 0.462 e. The van der Waals surface area contributed by atoms with Gasteiger partial charge in [0.2, 0.25) is 0 Å². The average molecular weight is 1590 g/mol. The largest absolute Gasteiger partial charge is 0.472 e. The summed E-state index contributed by atoms with van der Waals surface area (Å²) in [7, 11) is -9.94. The van der Waals surface area contributed by atoms with Crippen molar-refractivity contribution in [3.05, 3.63) is 0 Å². The van der Waals surface area contributed by atoms with Crippen molar-refractivity contribution in [1.29, 1.82) is 0 Å². The van der Waals surface area contributed by atoms with E-state index in [1.165, 1.54) is 289 Å². The molecule has 17 nitrogen and oxygen atoms in total. The van der Waals surface area contributed by atoms with Crippen LogP contribution < -0.4 is 0 Å². The number of hydrogen-bond acceptors (Lipinski definition) is 15. The zero-order chi connectivity index (χ0) is 80.0. The second-order valence-corrected chi connectivity index (χ2v) is 36.2. The van der Waals surface area contributed by atoms with Crippen molar-refractivity contribution in [3.8, 4) is 0 Å². The maximum absolute atomic E-state index is 13.2. The van der Waals surface area contributed by atoms with Crippen LogP contribution in [-0.4, -0.2) is 96.7 Å². The first-order valence-corrected chi connectivity index (χ1v) is 49.4. The summed E-state index contributed by atoms with van der Waals surface area (Å²) in [4.78, 5) is 73.4. The van der Waals surface area contributed by atoms with Gasteiger partial charge in [0.05, 0.1) is 26.4 Å². The molecule has 109 heavy (non-hydrogen) atoms. The van der Waals surface area contributed by atoms with Crippen LogP contribution in [0.5, 0.6) is 0 Å². The molecule has 0 heterocycles. The number of esters is 4. The van der Waals surface area contributed by atoms with Crippen molar-refractivity contribution in [2.45, 2.75) is 497 Å². The van der Waals surface area contributed by atoms with Gasteiger partial charge in [-0.1, -0.05) is 427 Å². The summed E-state index contributed by atoms with van der Waals surface area (Å²) < 4.78 is 69.0. The van der Waals surface area contributed by atoms with E-state index in [4.69, 9.17) is 37.0 Å². The molecule has 0 bridgehead atoms. The molecule has 3 N–H and O–H groups in total. The van der Waals surface area contributed by atoms with Crippen LogP contribution in [0.15, 0.2) is 0 Å². The Bertz CT molecular complexity index is 2100. The summed E-state index contributed by atoms with van der Waals surface area (Å²) in [5.41, 5.74) is 0. The zero-order valence-corrected chi connectivity index (χ0v) is 73.8. The third-order valence-corrected chi connectivity index (χ3v) is 23.8.